The summed E-state index contributed by atoms with van der Waals surface area (Å²) < 4.78 is 5.46. The summed E-state index contributed by atoms with van der Waals surface area (Å²) in [6, 6.07) is 1.30. The molecule has 3 nitrogen and oxygen atoms in total. The van der Waals surface area contributed by atoms with Crippen LogP contribution in [0.15, 0.2) is 0 Å². The van der Waals surface area contributed by atoms with Crippen LogP contribution in [-0.2, 0) is 4.74 Å². The molecule has 0 radical (unpaired) electrons. The van der Waals surface area contributed by atoms with Gasteiger partial charge in [-0.15, -0.1) is 0 Å². The van der Waals surface area contributed by atoms with Crippen LogP contribution in [-0.4, -0.2) is 48.0 Å². The Kier molecular flexibility index (Phi) is 5.26. The van der Waals surface area contributed by atoms with Crippen molar-refractivity contribution in [3.63, 3.8) is 0 Å². The Balaban J connectivity index is 1.97. The van der Waals surface area contributed by atoms with Crippen molar-refractivity contribution in [2.45, 2.75) is 70.1 Å². The van der Waals surface area contributed by atoms with Crippen molar-refractivity contribution in [2.75, 3.05) is 19.8 Å². The van der Waals surface area contributed by atoms with Crippen LogP contribution in [0.4, 0.5) is 0 Å². The van der Waals surface area contributed by atoms with Gasteiger partial charge in [-0.2, -0.15) is 0 Å². The Morgan fingerprint density at radius 3 is 2.65 bits per heavy atom. The summed E-state index contributed by atoms with van der Waals surface area (Å²) in [4.78, 5) is 2.68. The van der Waals surface area contributed by atoms with E-state index in [-0.39, 0.29) is 6.10 Å². The summed E-state index contributed by atoms with van der Waals surface area (Å²) in [5.74, 6) is 0. The van der Waals surface area contributed by atoms with Crippen LogP contribution >= 0.6 is 0 Å². The topological polar surface area (TPSA) is 32.7 Å². The lowest BCUT2D eigenvalue weighted by atomic mass is 9.99. The largest absolute Gasteiger partial charge is 0.393 e. The quantitative estimate of drug-likeness (QED) is 0.822. The van der Waals surface area contributed by atoms with Gasteiger partial charge in [0.15, 0.2) is 0 Å². The molecule has 2 rings (SSSR count). The third-order valence-corrected chi connectivity index (χ3v) is 4.20. The fraction of sp³-hybridized carbons (Fsp3) is 1.00. The molecule has 0 aromatic rings. The lowest BCUT2D eigenvalue weighted by Crippen LogP contribution is -2.46. The number of likely N-dealkylation sites (tertiary alicyclic amines) is 1. The third kappa shape index (κ3) is 3.94. The SMILES string of the molecule is CC(O)CC1CCCCCN1C1CCOCC1. The summed E-state index contributed by atoms with van der Waals surface area (Å²) >= 11 is 0. The molecule has 17 heavy (non-hydrogen) atoms. The van der Waals surface area contributed by atoms with Gasteiger partial charge in [0.1, 0.15) is 0 Å². The number of aliphatic hydroxyl groups excluding tert-OH is 1. The van der Waals surface area contributed by atoms with Gasteiger partial charge in [0.2, 0.25) is 0 Å². The lowest BCUT2D eigenvalue weighted by Gasteiger charge is -2.39. The van der Waals surface area contributed by atoms with E-state index in [9.17, 15) is 5.11 Å². The number of ether oxygens (including phenoxy) is 1. The second kappa shape index (κ2) is 6.72. The molecule has 3 heteroatoms. The van der Waals surface area contributed by atoms with Crippen molar-refractivity contribution in [3.8, 4) is 0 Å². The van der Waals surface area contributed by atoms with Gasteiger partial charge < -0.3 is 9.84 Å². The van der Waals surface area contributed by atoms with Crippen molar-refractivity contribution in [1.82, 2.24) is 4.90 Å². The molecule has 1 N–H and O–H groups in total. The molecular formula is C14H27NO2. The fourth-order valence-corrected chi connectivity index (χ4v) is 3.34. The van der Waals surface area contributed by atoms with E-state index in [0.717, 1.165) is 19.6 Å². The van der Waals surface area contributed by atoms with E-state index < -0.39 is 0 Å². The predicted octanol–water partition coefficient (Wildman–Crippen LogP) is 2.18. The van der Waals surface area contributed by atoms with Crippen LogP contribution in [0.5, 0.6) is 0 Å². The first-order valence-corrected chi connectivity index (χ1v) is 7.29. The maximum absolute atomic E-state index is 9.66. The monoisotopic (exact) mass is 241 g/mol. The molecule has 2 heterocycles. The van der Waals surface area contributed by atoms with E-state index in [1.54, 1.807) is 0 Å². The molecule has 0 saturated carbocycles. The van der Waals surface area contributed by atoms with Crippen LogP contribution in [0.1, 0.15) is 51.9 Å². The standard InChI is InChI=1S/C14H27NO2/c1-12(16)11-14-5-3-2-4-8-15(14)13-6-9-17-10-7-13/h12-14,16H,2-11H2,1H3. The van der Waals surface area contributed by atoms with Crippen LogP contribution in [0.2, 0.25) is 0 Å². The van der Waals surface area contributed by atoms with Crippen LogP contribution in [0.25, 0.3) is 0 Å². The Morgan fingerprint density at radius 1 is 1.18 bits per heavy atom. The zero-order chi connectivity index (χ0) is 12.1. The Morgan fingerprint density at radius 2 is 1.94 bits per heavy atom. The van der Waals surface area contributed by atoms with Gasteiger partial charge >= 0.3 is 0 Å². The van der Waals surface area contributed by atoms with Crippen molar-refractivity contribution >= 4 is 0 Å². The first-order chi connectivity index (χ1) is 8.27. The van der Waals surface area contributed by atoms with Gasteiger partial charge in [-0.3, -0.25) is 4.90 Å². The average molecular weight is 241 g/mol. The molecule has 100 valence electrons. The molecule has 2 saturated heterocycles. The van der Waals surface area contributed by atoms with E-state index in [1.165, 1.54) is 45.1 Å². The van der Waals surface area contributed by atoms with E-state index in [2.05, 4.69) is 4.90 Å². The van der Waals surface area contributed by atoms with Crippen molar-refractivity contribution in [2.24, 2.45) is 0 Å². The third-order valence-electron chi connectivity index (χ3n) is 4.20. The molecule has 2 fully saturated rings. The fourth-order valence-electron chi connectivity index (χ4n) is 3.34. The highest BCUT2D eigenvalue weighted by atomic mass is 16.5. The van der Waals surface area contributed by atoms with Gasteiger partial charge in [0.25, 0.3) is 0 Å². The smallest absolute Gasteiger partial charge is 0.0527 e. The number of hydrogen-bond acceptors (Lipinski definition) is 3. The zero-order valence-corrected chi connectivity index (χ0v) is 11.1. The molecule has 2 atom stereocenters. The minimum absolute atomic E-state index is 0.166. The molecule has 0 bridgehead atoms. The number of aliphatic hydroxyl groups is 1. The van der Waals surface area contributed by atoms with Crippen LogP contribution in [0, 0.1) is 0 Å². The maximum Gasteiger partial charge on any atom is 0.0527 e. The van der Waals surface area contributed by atoms with Gasteiger partial charge in [-0.05, 0) is 45.6 Å². The molecular weight excluding hydrogens is 214 g/mol. The Labute approximate surface area is 105 Å². The van der Waals surface area contributed by atoms with Crippen LogP contribution < -0.4 is 0 Å². The minimum Gasteiger partial charge on any atom is -0.393 e. The number of hydrogen-bond donors (Lipinski definition) is 1. The summed E-state index contributed by atoms with van der Waals surface area (Å²) in [6.07, 6.45) is 8.41. The first kappa shape index (κ1) is 13.3. The van der Waals surface area contributed by atoms with Crippen molar-refractivity contribution in [3.05, 3.63) is 0 Å². The molecule has 0 aliphatic carbocycles. The second-order valence-electron chi connectivity index (χ2n) is 5.67. The Bertz CT molecular complexity index is 214. The zero-order valence-electron chi connectivity index (χ0n) is 11.1. The predicted molar refractivity (Wildman–Crippen MR) is 69.1 cm³/mol. The molecule has 2 aliphatic heterocycles. The molecule has 2 unspecified atom stereocenters. The highest BCUT2D eigenvalue weighted by molar-refractivity contribution is 4.84. The first-order valence-electron chi connectivity index (χ1n) is 7.29. The second-order valence-corrected chi connectivity index (χ2v) is 5.67. The Hall–Kier alpha value is -0.120. The minimum atomic E-state index is -0.166. The lowest BCUT2D eigenvalue weighted by molar-refractivity contribution is 0.00764. The summed E-state index contributed by atoms with van der Waals surface area (Å²) in [5, 5.41) is 9.66. The van der Waals surface area contributed by atoms with Crippen molar-refractivity contribution < 1.29 is 9.84 Å². The van der Waals surface area contributed by atoms with E-state index >= 15 is 0 Å². The van der Waals surface area contributed by atoms with E-state index in [0.29, 0.717) is 12.1 Å². The van der Waals surface area contributed by atoms with Gasteiger partial charge in [0, 0.05) is 25.3 Å². The highest BCUT2D eigenvalue weighted by Crippen LogP contribution is 2.26. The maximum atomic E-state index is 9.66. The summed E-state index contributed by atoms with van der Waals surface area (Å²) in [5.41, 5.74) is 0. The van der Waals surface area contributed by atoms with E-state index in [4.69, 9.17) is 4.74 Å². The average Bonchev–Trinajstić information content (AvgIpc) is 2.55. The number of rotatable bonds is 3. The summed E-state index contributed by atoms with van der Waals surface area (Å²) in [6.45, 7) is 4.99. The highest BCUT2D eigenvalue weighted by Gasteiger charge is 2.29. The number of nitrogens with zero attached hydrogens (tertiary/aromatic N) is 1. The van der Waals surface area contributed by atoms with Gasteiger partial charge in [0.05, 0.1) is 6.10 Å². The van der Waals surface area contributed by atoms with Gasteiger partial charge in [-0.25, -0.2) is 0 Å². The van der Waals surface area contributed by atoms with Crippen LogP contribution in [0.3, 0.4) is 0 Å². The molecule has 2 aliphatic rings. The molecule has 0 aromatic heterocycles. The normalized spacial score (nSPS) is 31.1. The van der Waals surface area contributed by atoms with Crippen molar-refractivity contribution in [1.29, 1.82) is 0 Å². The summed E-state index contributed by atoms with van der Waals surface area (Å²) in [7, 11) is 0. The van der Waals surface area contributed by atoms with Gasteiger partial charge in [-0.1, -0.05) is 12.8 Å². The molecule has 0 amide bonds. The molecule has 0 aromatic carbocycles. The molecule has 0 spiro atoms. The van der Waals surface area contributed by atoms with E-state index in [1.807, 2.05) is 6.92 Å².